The summed E-state index contributed by atoms with van der Waals surface area (Å²) in [6.07, 6.45) is 4.98. The zero-order chi connectivity index (χ0) is 13.7. The molecule has 0 aliphatic carbocycles. The molecule has 0 saturated carbocycles. The van der Waals surface area contributed by atoms with Gasteiger partial charge in [0, 0.05) is 17.1 Å². The molecule has 0 spiro atoms. The number of carbonyl (C=O) groups excluding carboxylic acids is 1. The van der Waals surface area contributed by atoms with Gasteiger partial charge >= 0.3 is 0 Å². The number of aromatic amines is 1. The van der Waals surface area contributed by atoms with Crippen LogP contribution in [0.25, 0.3) is 10.9 Å². The molecule has 1 unspecified atom stereocenters. The second-order valence-corrected chi connectivity index (χ2v) is 5.03. The quantitative estimate of drug-likeness (QED) is 0.776. The first-order valence-electron chi connectivity index (χ1n) is 7.01. The van der Waals surface area contributed by atoms with Crippen molar-refractivity contribution in [1.82, 2.24) is 4.98 Å². The minimum atomic E-state index is -0.983. The third-order valence-corrected chi connectivity index (χ3v) is 3.56. The van der Waals surface area contributed by atoms with Crippen molar-refractivity contribution in [2.75, 3.05) is 0 Å². The fourth-order valence-electron chi connectivity index (χ4n) is 2.46. The average molecular weight is 258 g/mol. The van der Waals surface area contributed by atoms with Gasteiger partial charge in [-0.15, -0.1) is 0 Å². The van der Waals surface area contributed by atoms with Gasteiger partial charge in [-0.1, -0.05) is 50.8 Å². The lowest BCUT2D eigenvalue weighted by Gasteiger charge is -2.16. The molecule has 1 heterocycles. The minimum Gasteiger partial charge on any atom is -0.549 e. The van der Waals surface area contributed by atoms with Crippen molar-refractivity contribution in [2.24, 2.45) is 0 Å². The van der Waals surface area contributed by atoms with Gasteiger partial charge in [0.1, 0.15) is 0 Å². The summed E-state index contributed by atoms with van der Waals surface area (Å²) in [7, 11) is 0. The van der Waals surface area contributed by atoms with E-state index in [1.807, 2.05) is 30.3 Å². The van der Waals surface area contributed by atoms with Crippen molar-refractivity contribution in [3.05, 3.63) is 36.0 Å². The molecular formula is C16H20NO2-. The maximum absolute atomic E-state index is 11.3. The van der Waals surface area contributed by atoms with E-state index in [9.17, 15) is 9.90 Å². The number of carboxylic acid groups (broad SMARTS) is 1. The van der Waals surface area contributed by atoms with Crippen LogP contribution in [0.3, 0.4) is 0 Å². The Morgan fingerprint density at radius 1 is 1.26 bits per heavy atom. The van der Waals surface area contributed by atoms with Gasteiger partial charge in [-0.05, 0) is 23.9 Å². The summed E-state index contributed by atoms with van der Waals surface area (Å²) >= 11 is 0. The molecule has 0 bridgehead atoms. The predicted octanol–water partition coefficient (Wildman–Crippen LogP) is 2.97. The molecule has 0 radical (unpaired) electrons. The monoisotopic (exact) mass is 258 g/mol. The van der Waals surface area contributed by atoms with Gasteiger partial charge in [-0.25, -0.2) is 0 Å². The SMILES string of the molecule is CCCCCCC(C(=O)[O-])c1cc2ccccc2[nH]1. The zero-order valence-electron chi connectivity index (χ0n) is 11.3. The van der Waals surface area contributed by atoms with Gasteiger partial charge in [-0.3, -0.25) is 0 Å². The smallest absolute Gasteiger partial charge is 0.0504 e. The fraction of sp³-hybridized carbons (Fsp3) is 0.438. The molecule has 19 heavy (non-hydrogen) atoms. The number of benzene rings is 1. The van der Waals surface area contributed by atoms with Crippen molar-refractivity contribution in [3.8, 4) is 0 Å². The molecule has 1 aromatic heterocycles. The first kappa shape index (κ1) is 13.7. The van der Waals surface area contributed by atoms with Crippen LogP contribution < -0.4 is 5.11 Å². The Morgan fingerprint density at radius 3 is 2.74 bits per heavy atom. The Labute approximate surface area is 113 Å². The lowest BCUT2D eigenvalue weighted by molar-refractivity contribution is -0.308. The standard InChI is InChI=1S/C16H21NO2/c1-2-3-4-5-9-13(16(18)19)15-11-12-8-6-7-10-14(12)17-15/h6-8,10-11,13,17H,2-5,9H2,1H3,(H,18,19)/p-1. The third-order valence-electron chi connectivity index (χ3n) is 3.56. The van der Waals surface area contributed by atoms with E-state index in [0.29, 0.717) is 6.42 Å². The van der Waals surface area contributed by atoms with E-state index >= 15 is 0 Å². The summed E-state index contributed by atoms with van der Waals surface area (Å²) in [6, 6.07) is 9.77. The molecule has 1 N–H and O–H groups in total. The summed E-state index contributed by atoms with van der Waals surface area (Å²) in [5.74, 6) is -1.51. The first-order chi connectivity index (χ1) is 9.22. The van der Waals surface area contributed by atoms with Crippen molar-refractivity contribution in [1.29, 1.82) is 0 Å². The molecule has 1 aromatic carbocycles. The number of fused-ring (bicyclic) bond motifs is 1. The van der Waals surface area contributed by atoms with Crippen molar-refractivity contribution < 1.29 is 9.90 Å². The molecule has 102 valence electrons. The molecule has 3 nitrogen and oxygen atoms in total. The summed E-state index contributed by atoms with van der Waals surface area (Å²) in [5.41, 5.74) is 1.75. The highest BCUT2D eigenvalue weighted by molar-refractivity contribution is 5.83. The highest BCUT2D eigenvalue weighted by Gasteiger charge is 2.14. The van der Waals surface area contributed by atoms with Crippen LogP contribution in [0.15, 0.2) is 30.3 Å². The van der Waals surface area contributed by atoms with Crippen LogP contribution in [0.2, 0.25) is 0 Å². The Bertz CT molecular complexity index is 511. The topological polar surface area (TPSA) is 55.9 Å². The van der Waals surface area contributed by atoms with E-state index in [1.165, 1.54) is 0 Å². The molecule has 2 aromatic rings. The lowest BCUT2D eigenvalue weighted by atomic mass is 9.97. The molecule has 0 aliphatic heterocycles. The van der Waals surface area contributed by atoms with Crippen molar-refractivity contribution in [2.45, 2.75) is 44.9 Å². The third kappa shape index (κ3) is 3.37. The largest absolute Gasteiger partial charge is 0.549 e. The van der Waals surface area contributed by atoms with E-state index < -0.39 is 11.9 Å². The normalized spacial score (nSPS) is 12.7. The molecule has 3 heteroatoms. The molecule has 1 atom stereocenters. The van der Waals surface area contributed by atoms with Crippen molar-refractivity contribution >= 4 is 16.9 Å². The number of carboxylic acids is 1. The number of aliphatic carboxylic acids is 1. The van der Waals surface area contributed by atoms with Gasteiger partial charge in [-0.2, -0.15) is 0 Å². The number of rotatable bonds is 7. The molecule has 0 amide bonds. The van der Waals surface area contributed by atoms with Crippen molar-refractivity contribution in [3.63, 3.8) is 0 Å². The first-order valence-corrected chi connectivity index (χ1v) is 7.01. The number of H-pyrrole nitrogens is 1. The van der Waals surface area contributed by atoms with Gasteiger partial charge < -0.3 is 14.9 Å². The van der Waals surface area contributed by atoms with Crippen LogP contribution in [0.5, 0.6) is 0 Å². The Balaban J connectivity index is 2.11. The van der Waals surface area contributed by atoms with Crippen LogP contribution in [-0.4, -0.2) is 11.0 Å². The van der Waals surface area contributed by atoms with Gasteiger partial charge in [0.2, 0.25) is 0 Å². The highest BCUT2D eigenvalue weighted by atomic mass is 16.4. The maximum atomic E-state index is 11.3. The molecule has 0 saturated heterocycles. The second-order valence-electron chi connectivity index (χ2n) is 5.03. The maximum Gasteiger partial charge on any atom is 0.0504 e. The number of aromatic nitrogens is 1. The average Bonchev–Trinajstić information content (AvgIpc) is 2.81. The van der Waals surface area contributed by atoms with Crippen LogP contribution in [-0.2, 0) is 4.79 Å². The van der Waals surface area contributed by atoms with Crippen LogP contribution in [0.4, 0.5) is 0 Å². The number of para-hydroxylation sites is 1. The van der Waals surface area contributed by atoms with E-state index in [-0.39, 0.29) is 0 Å². The molecule has 0 aliphatic rings. The van der Waals surface area contributed by atoms with E-state index in [4.69, 9.17) is 0 Å². The van der Waals surface area contributed by atoms with E-state index in [2.05, 4.69) is 11.9 Å². The molecule has 0 fully saturated rings. The summed E-state index contributed by atoms with van der Waals surface area (Å²) in [5, 5.41) is 12.4. The van der Waals surface area contributed by atoms with Crippen LogP contribution in [0.1, 0.15) is 50.6 Å². The zero-order valence-corrected chi connectivity index (χ0v) is 11.3. The number of hydrogen-bond acceptors (Lipinski definition) is 2. The predicted molar refractivity (Wildman–Crippen MR) is 74.8 cm³/mol. The van der Waals surface area contributed by atoms with Crippen LogP contribution >= 0.6 is 0 Å². The van der Waals surface area contributed by atoms with Gasteiger partial charge in [0.25, 0.3) is 0 Å². The number of unbranched alkanes of at least 4 members (excludes halogenated alkanes) is 3. The Kier molecular flexibility index (Phi) is 4.61. The number of carbonyl (C=O) groups is 1. The molecular weight excluding hydrogens is 238 g/mol. The lowest BCUT2D eigenvalue weighted by Crippen LogP contribution is -2.30. The summed E-state index contributed by atoms with van der Waals surface area (Å²) < 4.78 is 0. The Hall–Kier alpha value is -1.77. The molecule has 2 rings (SSSR count). The van der Waals surface area contributed by atoms with Crippen LogP contribution in [0, 0.1) is 0 Å². The minimum absolute atomic E-state index is 0.524. The fourth-order valence-corrected chi connectivity index (χ4v) is 2.46. The van der Waals surface area contributed by atoms with E-state index in [0.717, 1.165) is 42.3 Å². The number of hydrogen-bond donors (Lipinski definition) is 1. The van der Waals surface area contributed by atoms with Gasteiger partial charge in [0.05, 0.1) is 5.97 Å². The van der Waals surface area contributed by atoms with E-state index in [1.54, 1.807) is 0 Å². The highest BCUT2D eigenvalue weighted by Crippen LogP contribution is 2.25. The van der Waals surface area contributed by atoms with Gasteiger partial charge in [0.15, 0.2) is 0 Å². The summed E-state index contributed by atoms with van der Waals surface area (Å²) in [6.45, 7) is 2.15. The Morgan fingerprint density at radius 2 is 2.05 bits per heavy atom. The summed E-state index contributed by atoms with van der Waals surface area (Å²) in [4.78, 5) is 14.5. The second kappa shape index (κ2) is 6.41. The number of nitrogens with one attached hydrogen (secondary N) is 1.